The first-order chi connectivity index (χ1) is 9.54. The normalized spacial score (nSPS) is 15.8. The molecule has 0 spiro atoms. The number of aromatic nitrogens is 1. The molecule has 3 nitrogen and oxygen atoms in total. The summed E-state index contributed by atoms with van der Waals surface area (Å²) in [5.74, 6) is 0.646. The lowest BCUT2D eigenvalue weighted by Crippen LogP contribution is -2.42. The average molecular weight is 312 g/mol. The van der Waals surface area contributed by atoms with Gasteiger partial charge in [-0.05, 0) is 33.9 Å². The van der Waals surface area contributed by atoms with Gasteiger partial charge in [-0.1, -0.05) is 34.6 Å². The van der Waals surface area contributed by atoms with Crippen molar-refractivity contribution in [3.63, 3.8) is 0 Å². The van der Waals surface area contributed by atoms with E-state index in [0.717, 1.165) is 6.54 Å². The van der Waals surface area contributed by atoms with Crippen molar-refractivity contribution in [3.8, 4) is 0 Å². The molecular weight excluding hydrogens is 278 g/mol. The van der Waals surface area contributed by atoms with E-state index in [2.05, 4.69) is 72.8 Å². The van der Waals surface area contributed by atoms with Crippen LogP contribution in [0.25, 0.3) is 0 Å². The first kappa shape index (κ1) is 18.6. The van der Waals surface area contributed by atoms with E-state index < -0.39 is 0 Å². The Morgan fingerprint density at radius 1 is 1.19 bits per heavy atom. The van der Waals surface area contributed by atoms with E-state index in [0.29, 0.717) is 18.0 Å². The fourth-order valence-corrected chi connectivity index (χ4v) is 3.69. The summed E-state index contributed by atoms with van der Waals surface area (Å²) in [6.07, 6.45) is 0. The highest BCUT2D eigenvalue weighted by Crippen LogP contribution is 2.32. The second-order valence-corrected chi connectivity index (χ2v) is 8.65. The van der Waals surface area contributed by atoms with Crippen molar-refractivity contribution in [3.05, 3.63) is 15.6 Å². The zero-order valence-corrected chi connectivity index (χ0v) is 16.1. The van der Waals surface area contributed by atoms with E-state index >= 15 is 0 Å². The highest BCUT2D eigenvalue weighted by molar-refractivity contribution is 7.12. The molecule has 0 aliphatic heterocycles. The van der Waals surface area contributed by atoms with Gasteiger partial charge in [0.25, 0.3) is 0 Å². The Bertz CT molecular complexity index is 435. The molecule has 0 saturated carbocycles. The van der Waals surface area contributed by atoms with Crippen LogP contribution < -0.4 is 5.32 Å². The topological polar surface area (TPSA) is 28.2 Å². The maximum atomic E-state index is 4.77. The lowest BCUT2D eigenvalue weighted by atomic mass is 9.98. The first-order valence-corrected chi connectivity index (χ1v) is 8.73. The molecule has 1 heterocycles. The van der Waals surface area contributed by atoms with E-state index in [4.69, 9.17) is 4.98 Å². The van der Waals surface area contributed by atoms with Crippen LogP contribution in [0.4, 0.5) is 0 Å². The smallest absolute Gasteiger partial charge is 0.0985 e. The Balaban J connectivity index is 2.76. The van der Waals surface area contributed by atoms with Crippen LogP contribution >= 0.6 is 11.3 Å². The monoisotopic (exact) mass is 311 g/mol. The van der Waals surface area contributed by atoms with Gasteiger partial charge in [0.2, 0.25) is 0 Å². The summed E-state index contributed by atoms with van der Waals surface area (Å²) in [4.78, 5) is 8.45. The molecule has 1 aromatic heterocycles. The molecule has 4 heteroatoms. The zero-order valence-electron chi connectivity index (χ0n) is 15.2. The van der Waals surface area contributed by atoms with Crippen LogP contribution in [0.3, 0.4) is 0 Å². The lowest BCUT2D eigenvalue weighted by molar-refractivity contribution is 0.220. The summed E-state index contributed by atoms with van der Waals surface area (Å²) >= 11 is 1.86. The van der Waals surface area contributed by atoms with Gasteiger partial charge in [-0.3, -0.25) is 0 Å². The number of rotatable bonds is 6. The summed E-state index contributed by atoms with van der Waals surface area (Å²) in [6.45, 7) is 16.6. The molecule has 1 rings (SSSR count). The molecule has 0 amide bonds. The standard InChI is InChI=1S/C17H33N3S/c1-11(2)14(20(8)9)10-18-12(3)15-13(4)19-16(21-15)17(5,6)7/h11-12,14,18H,10H2,1-9H3. The Labute approximate surface area is 135 Å². The minimum atomic E-state index is 0.136. The van der Waals surface area contributed by atoms with Crippen LogP contribution in [0.2, 0.25) is 0 Å². The molecule has 0 aliphatic rings. The fourth-order valence-electron chi connectivity index (χ4n) is 2.54. The number of aryl methyl sites for hydroxylation is 1. The number of likely N-dealkylation sites (N-methyl/N-ethyl adjacent to an activating group) is 1. The highest BCUT2D eigenvalue weighted by atomic mass is 32.1. The van der Waals surface area contributed by atoms with Crippen LogP contribution in [0.15, 0.2) is 0 Å². The molecule has 21 heavy (non-hydrogen) atoms. The van der Waals surface area contributed by atoms with Crippen molar-refractivity contribution >= 4 is 11.3 Å². The maximum absolute atomic E-state index is 4.77. The van der Waals surface area contributed by atoms with Gasteiger partial charge < -0.3 is 10.2 Å². The fraction of sp³-hybridized carbons (Fsp3) is 0.824. The minimum absolute atomic E-state index is 0.136. The number of nitrogens with zero attached hydrogens (tertiary/aromatic N) is 2. The number of hydrogen-bond acceptors (Lipinski definition) is 4. The molecule has 2 atom stereocenters. The van der Waals surface area contributed by atoms with Gasteiger partial charge in [0.15, 0.2) is 0 Å². The molecule has 1 aromatic rings. The molecule has 0 radical (unpaired) electrons. The zero-order chi connectivity index (χ0) is 16.4. The van der Waals surface area contributed by atoms with Crippen LogP contribution in [-0.2, 0) is 5.41 Å². The molecule has 1 N–H and O–H groups in total. The predicted molar refractivity (Wildman–Crippen MR) is 94.3 cm³/mol. The Hall–Kier alpha value is -0.450. The third-order valence-electron chi connectivity index (χ3n) is 3.93. The van der Waals surface area contributed by atoms with Gasteiger partial charge >= 0.3 is 0 Å². The number of hydrogen-bond donors (Lipinski definition) is 1. The Morgan fingerprint density at radius 3 is 2.14 bits per heavy atom. The quantitative estimate of drug-likeness (QED) is 0.861. The second-order valence-electron chi connectivity index (χ2n) is 7.62. The first-order valence-electron chi connectivity index (χ1n) is 7.91. The lowest BCUT2D eigenvalue weighted by Gasteiger charge is -2.29. The van der Waals surface area contributed by atoms with Crippen LogP contribution in [0, 0.1) is 12.8 Å². The average Bonchev–Trinajstić information content (AvgIpc) is 2.70. The van der Waals surface area contributed by atoms with Crippen molar-refractivity contribution in [1.29, 1.82) is 0 Å². The maximum Gasteiger partial charge on any atom is 0.0985 e. The molecule has 0 saturated heterocycles. The van der Waals surface area contributed by atoms with Crippen LogP contribution in [0.5, 0.6) is 0 Å². The summed E-state index contributed by atoms with van der Waals surface area (Å²) in [6, 6.07) is 0.919. The van der Waals surface area contributed by atoms with E-state index in [1.54, 1.807) is 0 Å². The minimum Gasteiger partial charge on any atom is -0.308 e. The van der Waals surface area contributed by atoms with E-state index in [9.17, 15) is 0 Å². The highest BCUT2D eigenvalue weighted by Gasteiger charge is 2.23. The Kier molecular flexibility index (Phi) is 6.38. The third-order valence-corrected chi connectivity index (χ3v) is 5.70. The van der Waals surface area contributed by atoms with Gasteiger partial charge in [0.1, 0.15) is 0 Å². The molecular formula is C17H33N3S. The largest absolute Gasteiger partial charge is 0.308 e. The van der Waals surface area contributed by atoms with Crippen molar-refractivity contribution in [2.45, 2.75) is 66.0 Å². The number of nitrogens with one attached hydrogen (secondary N) is 1. The molecule has 2 unspecified atom stereocenters. The molecule has 0 aromatic carbocycles. The van der Waals surface area contributed by atoms with Crippen molar-refractivity contribution in [1.82, 2.24) is 15.2 Å². The van der Waals surface area contributed by atoms with Gasteiger partial charge in [0.05, 0.1) is 10.7 Å². The van der Waals surface area contributed by atoms with Gasteiger partial charge in [-0.2, -0.15) is 0 Å². The van der Waals surface area contributed by atoms with E-state index in [1.807, 2.05) is 11.3 Å². The third kappa shape index (κ3) is 5.04. The van der Waals surface area contributed by atoms with Crippen LogP contribution in [0.1, 0.15) is 63.2 Å². The second kappa shape index (κ2) is 7.21. The SMILES string of the molecule is Cc1nc(C(C)(C)C)sc1C(C)NCC(C(C)C)N(C)C. The molecule has 122 valence electrons. The van der Waals surface area contributed by atoms with Crippen molar-refractivity contribution in [2.75, 3.05) is 20.6 Å². The summed E-state index contributed by atoms with van der Waals surface area (Å²) in [7, 11) is 4.32. The van der Waals surface area contributed by atoms with E-state index in [-0.39, 0.29) is 5.41 Å². The molecule has 0 fully saturated rings. The summed E-state index contributed by atoms with van der Waals surface area (Å²) in [5, 5.41) is 4.93. The van der Waals surface area contributed by atoms with Crippen molar-refractivity contribution in [2.24, 2.45) is 5.92 Å². The Morgan fingerprint density at radius 2 is 1.76 bits per heavy atom. The summed E-state index contributed by atoms with van der Waals surface area (Å²) in [5.41, 5.74) is 1.31. The van der Waals surface area contributed by atoms with Crippen molar-refractivity contribution < 1.29 is 0 Å². The van der Waals surface area contributed by atoms with E-state index in [1.165, 1.54) is 15.6 Å². The van der Waals surface area contributed by atoms with Gasteiger partial charge in [0, 0.05) is 28.9 Å². The summed E-state index contributed by atoms with van der Waals surface area (Å²) < 4.78 is 0. The van der Waals surface area contributed by atoms with Crippen LogP contribution in [-0.4, -0.2) is 36.6 Å². The van der Waals surface area contributed by atoms with Gasteiger partial charge in [-0.15, -0.1) is 11.3 Å². The molecule has 0 bridgehead atoms. The molecule has 0 aliphatic carbocycles. The predicted octanol–water partition coefficient (Wildman–Crippen LogP) is 3.99. The number of thiazole rings is 1. The van der Waals surface area contributed by atoms with Gasteiger partial charge in [-0.25, -0.2) is 4.98 Å².